The fourth-order valence-corrected chi connectivity index (χ4v) is 4.19. The Hall–Kier alpha value is -1.94. The quantitative estimate of drug-likeness (QED) is 0.553. The highest BCUT2D eigenvalue weighted by atomic mass is 32.2. The van der Waals surface area contributed by atoms with Gasteiger partial charge < -0.3 is 5.32 Å². The molecule has 9 nitrogen and oxygen atoms in total. The average Bonchev–Trinajstić information content (AvgIpc) is 2.96. The minimum absolute atomic E-state index is 0.109. The molecule has 1 saturated heterocycles. The highest BCUT2D eigenvalue weighted by Crippen LogP contribution is 2.27. The number of nitrogens with zero attached hydrogens (tertiary/aromatic N) is 3. The Morgan fingerprint density at radius 2 is 1.88 bits per heavy atom. The van der Waals surface area contributed by atoms with Gasteiger partial charge in [-0.15, -0.1) is 0 Å². The molecule has 10 heteroatoms. The molecule has 0 atom stereocenters. The van der Waals surface area contributed by atoms with Crippen LogP contribution in [0.4, 0.5) is 4.79 Å². The number of hydrogen-bond acceptors (Lipinski definition) is 5. The Balaban J connectivity index is 2.00. The molecule has 0 saturated carbocycles. The zero-order valence-electron chi connectivity index (χ0n) is 16.1. The third-order valence-corrected chi connectivity index (χ3v) is 5.55. The second-order valence-corrected chi connectivity index (χ2v) is 9.76. The summed E-state index contributed by atoms with van der Waals surface area (Å²) >= 11 is 0. The van der Waals surface area contributed by atoms with Crippen molar-refractivity contribution < 1.29 is 18.0 Å². The highest BCUT2D eigenvalue weighted by Gasteiger charge is 2.43. The molecular weight excluding hydrogens is 358 g/mol. The molecule has 146 valence electrons. The third-order valence-electron chi connectivity index (χ3n) is 4.09. The number of nitrogens with one attached hydrogen (secondary N) is 2. The van der Waals surface area contributed by atoms with Gasteiger partial charge in [0.05, 0.1) is 5.69 Å². The van der Waals surface area contributed by atoms with Crippen molar-refractivity contribution in [3.63, 3.8) is 0 Å². The van der Waals surface area contributed by atoms with Crippen LogP contribution in [0.5, 0.6) is 0 Å². The van der Waals surface area contributed by atoms with E-state index in [1.165, 1.54) is 10.9 Å². The SMILES string of the molecule is Cn1cc(S(=O)(=O)NCCCN2C(=O)NC(C)(C)C2=O)c(C(C)(C)C)n1. The Labute approximate surface area is 154 Å². The number of amides is 3. The predicted octanol–water partition coefficient (Wildman–Crippen LogP) is 0.716. The normalized spacial score (nSPS) is 17.7. The Bertz CT molecular complexity index is 820. The van der Waals surface area contributed by atoms with Gasteiger partial charge in [-0.25, -0.2) is 17.9 Å². The summed E-state index contributed by atoms with van der Waals surface area (Å²) < 4.78 is 29.2. The Kier molecular flexibility index (Phi) is 5.22. The number of carbonyl (C=O) groups excluding carboxylic acids is 2. The topological polar surface area (TPSA) is 113 Å². The van der Waals surface area contributed by atoms with E-state index in [1.807, 2.05) is 20.8 Å². The van der Waals surface area contributed by atoms with Crippen molar-refractivity contribution in [1.29, 1.82) is 0 Å². The number of sulfonamides is 1. The van der Waals surface area contributed by atoms with E-state index in [0.29, 0.717) is 12.1 Å². The molecule has 0 radical (unpaired) electrons. The van der Waals surface area contributed by atoms with E-state index in [0.717, 1.165) is 4.90 Å². The van der Waals surface area contributed by atoms with Crippen LogP contribution in [0.25, 0.3) is 0 Å². The van der Waals surface area contributed by atoms with Crippen molar-refractivity contribution in [2.24, 2.45) is 7.05 Å². The van der Waals surface area contributed by atoms with Crippen molar-refractivity contribution in [3.05, 3.63) is 11.9 Å². The number of imide groups is 1. The van der Waals surface area contributed by atoms with Crippen LogP contribution in [0, 0.1) is 0 Å². The number of urea groups is 1. The lowest BCUT2D eigenvalue weighted by molar-refractivity contribution is -0.130. The van der Waals surface area contributed by atoms with Crippen molar-refractivity contribution in [3.8, 4) is 0 Å². The van der Waals surface area contributed by atoms with Gasteiger partial charge >= 0.3 is 6.03 Å². The average molecular weight is 385 g/mol. The summed E-state index contributed by atoms with van der Waals surface area (Å²) in [6.07, 6.45) is 1.79. The predicted molar refractivity (Wildman–Crippen MR) is 96.0 cm³/mol. The third kappa shape index (κ3) is 4.07. The molecule has 2 heterocycles. The fourth-order valence-electron chi connectivity index (χ4n) is 2.73. The Morgan fingerprint density at radius 3 is 2.38 bits per heavy atom. The molecule has 0 aromatic carbocycles. The van der Waals surface area contributed by atoms with E-state index >= 15 is 0 Å². The van der Waals surface area contributed by atoms with E-state index in [-0.39, 0.29) is 23.9 Å². The first-order valence-corrected chi connectivity index (χ1v) is 9.92. The lowest BCUT2D eigenvalue weighted by atomic mass is 9.92. The first-order valence-electron chi connectivity index (χ1n) is 8.43. The summed E-state index contributed by atoms with van der Waals surface area (Å²) in [5, 5.41) is 6.86. The van der Waals surface area contributed by atoms with Gasteiger partial charge in [-0.05, 0) is 20.3 Å². The van der Waals surface area contributed by atoms with Gasteiger partial charge in [0.15, 0.2) is 0 Å². The molecule has 26 heavy (non-hydrogen) atoms. The summed E-state index contributed by atoms with van der Waals surface area (Å²) in [5.41, 5.74) is -0.853. The van der Waals surface area contributed by atoms with Crippen molar-refractivity contribution in [2.45, 2.75) is 56.9 Å². The van der Waals surface area contributed by atoms with E-state index in [2.05, 4.69) is 15.1 Å². The molecule has 2 rings (SSSR count). The molecule has 0 unspecified atom stereocenters. The second-order valence-electron chi connectivity index (χ2n) is 8.03. The van der Waals surface area contributed by atoms with E-state index in [4.69, 9.17) is 0 Å². The second kappa shape index (κ2) is 6.66. The highest BCUT2D eigenvalue weighted by molar-refractivity contribution is 7.89. The zero-order chi connectivity index (χ0) is 19.9. The number of aromatic nitrogens is 2. The maximum atomic E-state index is 12.6. The van der Waals surface area contributed by atoms with Crippen LogP contribution in [0.3, 0.4) is 0 Å². The fraction of sp³-hybridized carbons (Fsp3) is 0.688. The standard InChI is InChI=1S/C16H27N5O4S/c1-15(2,3)12-11(10-20(6)19-12)26(24,25)17-8-7-9-21-13(22)16(4,5)18-14(21)23/h10,17H,7-9H2,1-6H3,(H,18,23). The van der Waals surface area contributed by atoms with Gasteiger partial charge in [-0.3, -0.25) is 14.4 Å². The molecular formula is C16H27N5O4S. The van der Waals surface area contributed by atoms with Gasteiger partial charge in [0.2, 0.25) is 10.0 Å². The largest absolute Gasteiger partial charge is 0.325 e. The first-order chi connectivity index (χ1) is 11.8. The van der Waals surface area contributed by atoms with Gasteiger partial charge in [-0.1, -0.05) is 20.8 Å². The summed E-state index contributed by atoms with van der Waals surface area (Å²) in [4.78, 5) is 25.2. The summed E-state index contributed by atoms with van der Waals surface area (Å²) in [6.45, 7) is 9.21. The van der Waals surface area contributed by atoms with Crippen LogP contribution in [0.2, 0.25) is 0 Å². The van der Waals surface area contributed by atoms with Crippen LogP contribution in [0.1, 0.15) is 46.7 Å². The lowest BCUT2D eigenvalue weighted by Crippen LogP contribution is -2.40. The van der Waals surface area contributed by atoms with Crippen molar-refractivity contribution in [1.82, 2.24) is 24.7 Å². The van der Waals surface area contributed by atoms with E-state index in [9.17, 15) is 18.0 Å². The molecule has 1 aromatic heterocycles. The molecule has 1 fully saturated rings. The van der Waals surface area contributed by atoms with Crippen LogP contribution < -0.4 is 10.0 Å². The number of hydrogen-bond donors (Lipinski definition) is 2. The molecule has 0 spiro atoms. The zero-order valence-corrected chi connectivity index (χ0v) is 16.9. The monoisotopic (exact) mass is 385 g/mol. The Morgan fingerprint density at radius 1 is 1.27 bits per heavy atom. The molecule has 1 aliphatic rings. The molecule has 0 bridgehead atoms. The maximum absolute atomic E-state index is 12.6. The van der Waals surface area contributed by atoms with Crippen molar-refractivity contribution in [2.75, 3.05) is 13.1 Å². The summed E-state index contributed by atoms with van der Waals surface area (Å²) in [7, 11) is -2.06. The van der Waals surface area contributed by atoms with Crippen LogP contribution >= 0.6 is 0 Å². The molecule has 0 aliphatic carbocycles. The van der Waals surface area contributed by atoms with E-state index in [1.54, 1.807) is 20.9 Å². The molecule has 1 aromatic rings. The van der Waals surface area contributed by atoms with Gasteiger partial charge in [0, 0.05) is 31.7 Å². The minimum Gasteiger partial charge on any atom is -0.324 e. The summed E-state index contributed by atoms with van der Waals surface area (Å²) in [5.74, 6) is -0.312. The smallest absolute Gasteiger partial charge is 0.324 e. The molecule has 3 amide bonds. The van der Waals surface area contributed by atoms with Crippen LogP contribution in [0.15, 0.2) is 11.1 Å². The number of rotatable bonds is 6. The molecule has 1 aliphatic heterocycles. The number of carbonyl (C=O) groups is 2. The van der Waals surface area contributed by atoms with Crippen molar-refractivity contribution >= 4 is 22.0 Å². The van der Waals surface area contributed by atoms with Crippen LogP contribution in [-0.2, 0) is 27.3 Å². The van der Waals surface area contributed by atoms with Crippen LogP contribution in [-0.4, -0.2) is 53.7 Å². The van der Waals surface area contributed by atoms with Gasteiger partial charge in [0.1, 0.15) is 10.4 Å². The minimum atomic E-state index is -3.74. The molecule has 2 N–H and O–H groups in total. The van der Waals surface area contributed by atoms with E-state index < -0.39 is 27.0 Å². The van der Waals surface area contributed by atoms with Gasteiger partial charge in [0.25, 0.3) is 5.91 Å². The lowest BCUT2D eigenvalue weighted by Gasteiger charge is -2.18. The number of aryl methyl sites for hydroxylation is 1. The maximum Gasteiger partial charge on any atom is 0.325 e. The first kappa shape index (κ1) is 20.4. The van der Waals surface area contributed by atoms with Gasteiger partial charge in [-0.2, -0.15) is 5.10 Å². The summed E-state index contributed by atoms with van der Waals surface area (Å²) in [6, 6.07) is -0.454.